The molecule has 1 saturated heterocycles. The number of nitrogens with one attached hydrogen (secondary N) is 1. The van der Waals surface area contributed by atoms with Crippen LogP contribution in [-0.2, 0) is 0 Å². The highest BCUT2D eigenvalue weighted by Crippen LogP contribution is 2.21. The maximum Gasteiger partial charge on any atom is 0.270 e. The van der Waals surface area contributed by atoms with Gasteiger partial charge in [0.25, 0.3) is 5.69 Å². The molecule has 0 aliphatic carbocycles. The quantitative estimate of drug-likeness (QED) is 0.660. The van der Waals surface area contributed by atoms with E-state index in [9.17, 15) is 10.1 Å². The van der Waals surface area contributed by atoms with Crippen LogP contribution in [0.15, 0.2) is 18.2 Å². The lowest BCUT2D eigenvalue weighted by atomic mass is 10.1. The van der Waals surface area contributed by atoms with Crippen molar-refractivity contribution in [1.82, 2.24) is 9.80 Å². The molecule has 21 heavy (non-hydrogen) atoms. The van der Waals surface area contributed by atoms with Crippen LogP contribution >= 0.6 is 0 Å². The minimum Gasteiger partial charge on any atom is -0.382 e. The van der Waals surface area contributed by atoms with Crippen molar-refractivity contribution in [1.29, 1.82) is 5.26 Å². The molecular formula is C14H19N5O2. The van der Waals surface area contributed by atoms with Crippen LogP contribution in [0.2, 0.25) is 0 Å². The van der Waals surface area contributed by atoms with Gasteiger partial charge in [0.1, 0.15) is 6.07 Å². The molecule has 2 rings (SSSR count). The van der Waals surface area contributed by atoms with E-state index in [2.05, 4.69) is 29.2 Å². The van der Waals surface area contributed by atoms with Crippen molar-refractivity contribution in [2.75, 3.05) is 45.6 Å². The van der Waals surface area contributed by atoms with Gasteiger partial charge in [0.2, 0.25) is 0 Å². The number of benzene rings is 1. The van der Waals surface area contributed by atoms with Crippen molar-refractivity contribution in [2.45, 2.75) is 6.04 Å². The number of nitro groups is 1. The largest absolute Gasteiger partial charge is 0.382 e. The predicted molar refractivity (Wildman–Crippen MR) is 80.2 cm³/mol. The third-order valence-electron chi connectivity index (χ3n) is 3.84. The first-order valence-corrected chi connectivity index (χ1v) is 6.82. The summed E-state index contributed by atoms with van der Waals surface area (Å²) in [6.07, 6.45) is 0. The Hall–Kier alpha value is -2.17. The zero-order valence-corrected chi connectivity index (χ0v) is 12.2. The van der Waals surface area contributed by atoms with Gasteiger partial charge in [-0.25, -0.2) is 0 Å². The monoisotopic (exact) mass is 289 g/mol. The number of hydrogen-bond acceptors (Lipinski definition) is 6. The molecule has 1 aromatic rings. The van der Waals surface area contributed by atoms with Crippen molar-refractivity contribution in [3.63, 3.8) is 0 Å². The molecule has 7 heteroatoms. The van der Waals surface area contributed by atoms with Crippen LogP contribution in [-0.4, -0.2) is 61.0 Å². The van der Waals surface area contributed by atoms with Gasteiger partial charge in [-0.15, -0.1) is 0 Å². The van der Waals surface area contributed by atoms with E-state index in [1.54, 1.807) is 6.07 Å². The van der Waals surface area contributed by atoms with Crippen molar-refractivity contribution in [3.05, 3.63) is 33.9 Å². The molecule has 0 bridgehead atoms. The van der Waals surface area contributed by atoms with Crippen LogP contribution in [0.3, 0.4) is 0 Å². The van der Waals surface area contributed by atoms with Crippen molar-refractivity contribution >= 4 is 11.4 Å². The molecule has 1 atom stereocenters. The van der Waals surface area contributed by atoms with E-state index in [1.807, 2.05) is 6.07 Å². The third-order valence-corrected chi connectivity index (χ3v) is 3.84. The molecule has 0 amide bonds. The van der Waals surface area contributed by atoms with Crippen LogP contribution in [0.1, 0.15) is 5.56 Å². The molecule has 1 heterocycles. The molecule has 0 saturated carbocycles. The number of hydrogen-bond donors (Lipinski definition) is 1. The number of nitro benzene ring substituents is 1. The van der Waals surface area contributed by atoms with Crippen LogP contribution in [0.25, 0.3) is 0 Å². The minimum atomic E-state index is -0.492. The average Bonchev–Trinajstić information content (AvgIpc) is 2.47. The Kier molecular flexibility index (Phi) is 4.73. The third kappa shape index (κ3) is 3.68. The second-order valence-electron chi connectivity index (χ2n) is 5.38. The summed E-state index contributed by atoms with van der Waals surface area (Å²) in [6.45, 7) is 3.72. The van der Waals surface area contributed by atoms with Crippen LogP contribution < -0.4 is 5.32 Å². The Bertz CT molecular complexity index is 569. The van der Waals surface area contributed by atoms with E-state index in [1.165, 1.54) is 12.1 Å². The van der Waals surface area contributed by atoms with Crippen LogP contribution in [0.5, 0.6) is 0 Å². The predicted octanol–water partition coefficient (Wildman–Crippen LogP) is 1.12. The fourth-order valence-corrected chi connectivity index (χ4v) is 2.44. The van der Waals surface area contributed by atoms with E-state index in [0.29, 0.717) is 23.8 Å². The standard InChI is InChI=1S/C14H19N5O2/c1-17-5-6-18(2)13(10-17)9-16-14-4-3-12(19(20)21)7-11(14)8-15/h3-4,7,13,16H,5-6,9-10H2,1-2H3. The fourth-order valence-electron chi connectivity index (χ4n) is 2.44. The van der Waals surface area contributed by atoms with Crippen molar-refractivity contribution in [3.8, 4) is 6.07 Å². The number of anilines is 1. The lowest BCUT2D eigenvalue weighted by Gasteiger charge is -2.37. The van der Waals surface area contributed by atoms with Gasteiger partial charge in [-0.3, -0.25) is 15.0 Å². The van der Waals surface area contributed by atoms with Gasteiger partial charge >= 0.3 is 0 Å². The van der Waals surface area contributed by atoms with E-state index in [0.717, 1.165) is 19.6 Å². The molecule has 112 valence electrons. The topological polar surface area (TPSA) is 85.4 Å². The lowest BCUT2D eigenvalue weighted by Crippen LogP contribution is -2.52. The smallest absolute Gasteiger partial charge is 0.270 e. The molecule has 1 aromatic carbocycles. The number of nitrogens with zero attached hydrogens (tertiary/aromatic N) is 4. The Labute approximate surface area is 123 Å². The van der Waals surface area contributed by atoms with E-state index >= 15 is 0 Å². The summed E-state index contributed by atoms with van der Waals surface area (Å²) in [5.41, 5.74) is 0.882. The van der Waals surface area contributed by atoms with Gasteiger partial charge < -0.3 is 10.2 Å². The van der Waals surface area contributed by atoms with Crippen LogP contribution in [0, 0.1) is 21.4 Å². The number of non-ortho nitro benzene ring substituents is 1. The van der Waals surface area contributed by atoms with Gasteiger partial charge in [-0.1, -0.05) is 0 Å². The van der Waals surface area contributed by atoms with E-state index in [4.69, 9.17) is 5.26 Å². The average molecular weight is 289 g/mol. The highest BCUT2D eigenvalue weighted by molar-refractivity contribution is 5.61. The molecule has 1 unspecified atom stereocenters. The summed E-state index contributed by atoms with van der Waals surface area (Å²) in [4.78, 5) is 14.8. The molecule has 0 spiro atoms. The SMILES string of the molecule is CN1CCN(C)C(CNc2ccc([N+](=O)[O-])cc2C#N)C1. The summed E-state index contributed by atoms with van der Waals surface area (Å²) in [6, 6.07) is 6.68. The lowest BCUT2D eigenvalue weighted by molar-refractivity contribution is -0.384. The second-order valence-corrected chi connectivity index (χ2v) is 5.38. The van der Waals surface area contributed by atoms with Gasteiger partial charge in [0.15, 0.2) is 0 Å². The first-order chi connectivity index (χ1) is 10.0. The maximum absolute atomic E-state index is 10.7. The fraction of sp³-hybridized carbons (Fsp3) is 0.500. The zero-order valence-electron chi connectivity index (χ0n) is 12.2. The molecule has 7 nitrogen and oxygen atoms in total. The number of rotatable bonds is 4. The maximum atomic E-state index is 10.7. The van der Waals surface area contributed by atoms with Gasteiger partial charge in [-0.05, 0) is 20.2 Å². The summed E-state index contributed by atoms with van der Waals surface area (Å²) < 4.78 is 0. The number of nitriles is 1. The van der Waals surface area contributed by atoms with Crippen molar-refractivity contribution in [2.24, 2.45) is 0 Å². The van der Waals surface area contributed by atoms with Gasteiger partial charge in [0, 0.05) is 44.4 Å². The van der Waals surface area contributed by atoms with Gasteiger partial charge in [-0.2, -0.15) is 5.26 Å². The van der Waals surface area contributed by atoms with Crippen molar-refractivity contribution < 1.29 is 4.92 Å². The first kappa shape index (κ1) is 15.2. The Morgan fingerprint density at radius 3 is 2.90 bits per heavy atom. The number of likely N-dealkylation sites (N-methyl/N-ethyl adjacent to an activating group) is 2. The molecule has 1 aliphatic heterocycles. The summed E-state index contributed by atoms with van der Waals surface area (Å²) in [7, 11) is 4.17. The Morgan fingerprint density at radius 1 is 1.48 bits per heavy atom. The summed E-state index contributed by atoms with van der Waals surface area (Å²) in [5.74, 6) is 0. The highest BCUT2D eigenvalue weighted by Gasteiger charge is 2.22. The minimum absolute atomic E-state index is 0.0633. The Morgan fingerprint density at radius 2 is 2.24 bits per heavy atom. The highest BCUT2D eigenvalue weighted by atomic mass is 16.6. The second kappa shape index (κ2) is 6.52. The van der Waals surface area contributed by atoms with Crippen LogP contribution in [0.4, 0.5) is 11.4 Å². The molecule has 1 N–H and O–H groups in total. The van der Waals surface area contributed by atoms with E-state index < -0.39 is 4.92 Å². The molecule has 1 aliphatic rings. The summed E-state index contributed by atoms with van der Waals surface area (Å²) >= 11 is 0. The molecule has 0 radical (unpaired) electrons. The molecule has 1 fully saturated rings. The van der Waals surface area contributed by atoms with E-state index in [-0.39, 0.29) is 5.69 Å². The first-order valence-electron chi connectivity index (χ1n) is 6.82. The molecule has 0 aromatic heterocycles. The zero-order chi connectivity index (χ0) is 15.4. The molecular weight excluding hydrogens is 270 g/mol. The summed E-state index contributed by atoms with van der Waals surface area (Å²) in [5, 5.41) is 23.1. The Balaban J connectivity index is 2.06. The normalized spacial score (nSPS) is 20.0. The number of piperazine rings is 1. The van der Waals surface area contributed by atoms with Gasteiger partial charge in [0.05, 0.1) is 16.2 Å².